The van der Waals surface area contributed by atoms with Gasteiger partial charge in [0, 0.05) is 25.0 Å². The van der Waals surface area contributed by atoms with E-state index in [0.29, 0.717) is 11.3 Å². The van der Waals surface area contributed by atoms with Crippen LogP contribution in [0.4, 0.5) is 5.13 Å². The van der Waals surface area contributed by atoms with Gasteiger partial charge in [0.2, 0.25) is 6.29 Å². The number of esters is 2. The highest BCUT2D eigenvalue weighted by Gasteiger charge is 2.54. The molecule has 0 radical (unpaired) electrons. The summed E-state index contributed by atoms with van der Waals surface area (Å²) in [5.74, 6) is -2.58. The molecule has 14 heteroatoms. The Kier molecular flexibility index (Phi) is 6.84. The molecule has 2 amide bonds. The Morgan fingerprint density at radius 1 is 1.47 bits per heavy atom. The van der Waals surface area contributed by atoms with E-state index in [1.165, 1.54) is 42.0 Å². The van der Waals surface area contributed by atoms with Crippen molar-refractivity contribution >= 4 is 57.7 Å². The summed E-state index contributed by atoms with van der Waals surface area (Å²) in [6.07, 6.45) is 0.269. The lowest BCUT2D eigenvalue weighted by Crippen LogP contribution is -2.71. The van der Waals surface area contributed by atoms with Crippen LogP contribution in [-0.4, -0.2) is 68.0 Å². The predicted molar refractivity (Wildman–Crippen MR) is 114 cm³/mol. The van der Waals surface area contributed by atoms with Crippen LogP contribution in [0.2, 0.25) is 0 Å². The fourth-order valence-electron chi connectivity index (χ4n) is 3.07. The third kappa shape index (κ3) is 4.45. The maximum atomic E-state index is 12.8. The Labute approximate surface area is 190 Å². The maximum Gasteiger partial charge on any atom is 0.358 e. The molecule has 0 aliphatic carbocycles. The minimum atomic E-state index is -1.16. The molecule has 1 fully saturated rings. The summed E-state index contributed by atoms with van der Waals surface area (Å²) < 4.78 is 9.91. The number of nitrogen functional groups attached to an aromatic ring is 1. The molecule has 2 unspecified atom stereocenters. The van der Waals surface area contributed by atoms with Crippen LogP contribution in [0, 0.1) is 0 Å². The number of amides is 2. The summed E-state index contributed by atoms with van der Waals surface area (Å²) in [4.78, 5) is 54.2. The highest BCUT2D eigenvalue weighted by atomic mass is 32.2. The summed E-state index contributed by atoms with van der Waals surface area (Å²) in [7, 11) is 0. The molecule has 1 aromatic heterocycles. The molecule has 1 aromatic rings. The fourth-order valence-corrected chi connectivity index (χ4v) is 4.96. The van der Waals surface area contributed by atoms with Crippen LogP contribution in [0.1, 0.15) is 19.5 Å². The Balaban J connectivity index is 1.75. The Morgan fingerprint density at radius 2 is 2.19 bits per heavy atom. The van der Waals surface area contributed by atoms with E-state index in [1.807, 2.05) is 0 Å². The molecular weight excluding hydrogens is 462 g/mol. The van der Waals surface area contributed by atoms with Gasteiger partial charge in [-0.3, -0.25) is 19.3 Å². The summed E-state index contributed by atoms with van der Waals surface area (Å²) in [5, 5.41) is 15.7. The van der Waals surface area contributed by atoms with Gasteiger partial charge < -0.3 is 25.7 Å². The van der Waals surface area contributed by atoms with Crippen molar-refractivity contribution in [2.45, 2.75) is 31.6 Å². The number of thioether (sulfide) groups is 1. The predicted octanol–water partition coefficient (Wildman–Crippen LogP) is 0.196. The van der Waals surface area contributed by atoms with E-state index in [1.54, 1.807) is 0 Å². The molecule has 3 rings (SSSR count). The highest BCUT2D eigenvalue weighted by molar-refractivity contribution is 8.00. The second-order valence-corrected chi connectivity index (χ2v) is 8.54. The van der Waals surface area contributed by atoms with Gasteiger partial charge in [-0.05, 0) is 5.57 Å². The average molecular weight is 482 g/mol. The van der Waals surface area contributed by atoms with Crippen LogP contribution < -0.4 is 11.1 Å². The van der Waals surface area contributed by atoms with Crippen molar-refractivity contribution in [1.82, 2.24) is 15.2 Å². The molecule has 4 N–H and O–H groups in total. The Bertz CT molecular complexity index is 1050. The fraction of sp³-hybridized carbons (Fsp3) is 0.333. The second-order valence-electron chi connectivity index (χ2n) is 6.54. The Morgan fingerprint density at radius 3 is 2.75 bits per heavy atom. The van der Waals surface area contributed by atoms with Crippen LogP contribution in [0.3, 0.4) is 0 Å². The normalized spacial score (nSPS) is 21.2. The SMILES string of the molecule is C=CC1=C(C(=O)OC(C)OC(C)=O)N2C(=O)C(NC(=O)C(=NO)c3csc(N)n3)[C@@H]2SC1. The zero-order valence-electron chi connectivity index (χ0n) is 16.9. The van der Waals surface area contributed by atoms with Gasteiger partial charge in [0.25, 0.3) is 11.8 Å². The number of nitrogens with two attached hydrogens (primary N) is 1. The van der Waals surface area contributed by atoms with Gasteiger partial charge in [-0.2, -0.15) is 0 Å². The lowest BCUT2D eigenvalue weighted by atomic mass is 10.0. The molecule has 0 spiro atoms. The molecular formula is C18H19N5O7S2. The number of anilines is 1. The van der Waals surface area contributed by atoms with E-state index in [9.17, 15) is 24.4 Å². The third-order valence-electron chi connectivity index (χ3n) is 4.41. The summed E-state index contributed by atoms with van der Waals surface area (Å²) in [6, 6.07) is -0.986. The van der Waals surface area contributed by atoms with Gasteiger partial charge in [-0.1, -0.05) is 17.8 Å². The zero-order valence-corrected chi connectivity index (χ0v) is 18.6. The van der Waals surface area contributed by atoms with Crippen molar-refractivity contribution in [3.05, 3.63) is 35.0 Å². The minimum absolute atomic E-state index is 0.0402. The van der Waals surface area contributed by atoms with E-state index in [2.05, 4.69) is 22.0 Å². The number of thiazole rings is 1. The average Bonchev–Trinajstić information content (AvgIpc) is 3.16. The highest BCUT2D eigenvalue weighted by Crippen LogP contribution is 2.41. The third-order valence-corrected chi connectivity index (χ3v) is 6.38. The van der Waals surface area contributed by atoms with Crippen LogP contribution in [0.25, 0.3) is 0 Å². The smallest absolute Gasteiger partial charge is 0.358 e. The molecule has 12 nitrogen and oxygen atoms in total. The van der Waals surface area contributed by atoms with Crippen molar-refractivity contribution in [2.75, 3.05) is 11.5 Å². The largest absolute Gasteiger partial charge is 0.426 e. The van der Waals surface area contributed by atoms with E-state index in [-0.39, 0.29) is 16.5 Å². The van der Waals surface area contributed by atoms with Gasteiger partial charge in [0.15, 0.2) is 10.8 Å². The standard InChI is InChI=1S/C18H19N5O7S2/c1-4-9-5-31-16-12(21-14(25)11(22-28)10-6-32-18(19)20-10)15(26)23(16)13(9)17(27)30-8(3)29-7(2)24/h4,6,8,12,16,28H,1,5H2,2-3H3,(H2,19,20)(H,21,25)/t8?,12?,16-/m0/s1. The van der Waals surface area contributed by atoms with E-state index in [4.69, 9.17) is 15.2 Å². The zero-order chi connectivity index (χ0) is 23.6. The van der Waals surface area contributed by atoms with Gasteiger partial charge in [0.1, 0.15) is 22.8 Å². The topological polar surface area (TPSA) is 174 Å². The minimum Gasteiger partial charge on any atom is -0.426 e. The lowest BCUT2D eigenvalue weighted by molar-refractivity contribution is -0.182. The van der Waals surface area contributed by atoms with Gasteiger partial charge in [-0.25, -0.2) is 9.78 Å². The van der Waals surface area contributed by atoms with Crippen molar-refractivity contribution in [3.8, 4) is 0 Å². The number of rotatable bonds is 7. The molecule has 3 atom stereocenters. The first kappa shape index (κ1) is 23.3. The first-order valence-electron chi connectivity index (χ1n) is 9.10. The van der Waals surface area contributed by atoms with Crippen LogP contribution >= 0.6 is 23.1 Å². The van der Waals surface area contributed by atoms with Crippen molar-refractivity contribution in [3.63, 3.8) is 0 Å². The quantitative estimate of drug-likeness (QED) is 0.122. The van der Waals surface area contributed by atoms with E-state index in [0.717, 1.165) is 11.3 Å². The molecule has 0 bridgehead atoms. The number of carbonyl (C=O) groups excluding carboxylic acids is 4. The van der Waals surface area contributed by atoms with Crippen LogP contribution in [-0.2, 0) is 28.7 Å². The number of allylic oxidation sites excluding steroid dienone is 1. The summed E-state index contributed by atoms with van der Waals surface area (Å²) in [6.45, 7) is 6.19. The van der Waals surface area contributed by atoms with Crippen molar-refractivity contribution in [1.29, 1.82) is 0 Å². The number of hydrogen-bond donors (Lipinski definition) is 3. The van der Waals surface area contributed by atoms with Gasteiger partial charge in [-0.15, -0.1) is 23.1 Å². The molecule has 2 aliphatic heterocycles. The number of fused-ring (bicyclic) bond motifs is 1. The Hall–Kier alpha value is -3.39. The molecule has 1 saturated heterocycles. The maximum absolute atomic E-state index is 12.8. The summed E-state index contributed by atoms with van der Waals surface area (Å²) in [5.41, 5.74) is 5.62. The number of oxime groups is 1. The number of ether oxygens (including phenoxy) is 2. The summed E-state index contributed by atoms with van der Waals surface area (Å²) >= 11 is 2.36. The molecule has 3 heterocycles. The molecule has 0 saturated carbocycles. The monoisotopic (exact) mass is 481 g/mol. The number of carbonyl (C=O) groups is 4. The number of nitrogens with one attached hydrogen (secondary N) is 1. The molecule has 32 heavy (non-hydrogen) atoms. The molecule has 170 valence electrons. The van der Waals surface area contributed by atoms with Crippen molar-refractivity contribution < 1.29 is 33.9 Å². The number of aromatic nitrogens is 1. The second kappa shape index (κ2) is 9.40. The lowest BCUT2D eigenvalue weighted by Gasteiger charge is -2.49. The van der Waals surface area contributed by atoms with E-state index < -0.39 is 47.2 Å². The first-order chi connectivity index (χ1) is 15.2. The van der Waals surface area contributed by atoms with Crippen LogP contribution in [0.15, 0.2) is 34.5 Å². The van der Waals surface area contributed by atoms with Gasteiger partial charge in [0.05, 0.1) is 0 Å². The number of nitrogens with zero attached hydrogens (tertiary/aromatic N) is 3. The van der Waals surface area contributed by atoms with Crippen molar-refractivity contribution in [2.24, 2.45) is 5.16 Å². The first-order valence-corrected chi connectivity index (χ1v) is 11.0. The molecule has 0 aromatic carbocycles. The number of hydrogen-bond acceptors (Lipinski definition) is 12. The van der Waals surface area contributed by atoms with E-state index >= 15 is 0 Å². The number of β-lactam (4-membered cyclic amide) rings is 1. The van der Waals surface area contributed by atoms with Gasteiger partial charge >= 0.3 is 11.9 Å². The van der Waals surface area contributed by atoms with Crippen LogP contribution in [0.5, 0.6) is 0 Å². The molecule has 2 aliphatic rings.